The van der Waals surface area contributed by atoms with Gasteiger partial charge in [0.2, 0.25) is 0 Å². The lowest BCUT2D eigenvalue weighted by Crippen LogP contribution is -2.19. The number of benzene rings is 1. The molecule has 1 aliphatic rings. The number of fused-ring (bicyclic) bond motifs is 1. The molecule has 0 atom stereocenters. The summed E-state index contributed by atoms with van der Waals surface area (Å²) in [7, 11) is 0. The first-order valence-electron chi connectivity index (χ1n) is 8.40. The monoisotopic (exact) mass is 351 g/mol. The summed E-state index contributed by atoms with van der Waals surface area (Å²) in [4.78, 5) is 20.4. The molecule has 25 heavy (non-hydrogen) atoms. The highest BCUT2D eigenvalue weighted by Gasteiger charge is 2.15. The van der Waals surface area contributed by atoms with Crippen LogP contribution in [0.2, 0.25) is 5.15 Å². The second-order valence-corrected chi connectivity index (χ2v) is 6.50. The van der Waals surface area contributed by atoms with Gasteiger partial charge in [-0.1, -0.05) is 23.7 Å². The Bertz CT molecular complexity index is 948. The summed E-state index contributed by atoms with van der Waals surface area (Å²) in [6.07, 6.45) is 6.13. The van der Waals surface area contributed by atoms with E-state index < -0.39 is 0 Å². The summed E-state index contributed by atoms with van der Waals surface area (Å²) in [6.45, 7) is 3.99. The van der Waals surface area contributed by atoms with Crippen LogP contribution in [0.1, 0.15) is 30.1 Å². The number of para-hydroxylation sites is 2. The summed E-state index contributed by atoms with van der Waals surface area (Å²) in [5.41, 5.74) is 3.45. The van der Waals surface area contributed by atoms with Crippen LogP contribution >= 0.6 is 11.6 Å². The number of rotatable bonds is 3. The molecule has 0 aliphatic carbocycles. The Balaban J connectivity index is 1.66. The van der Waals surface area contributed by atoms with Gasteiger partial charge in [-0.05, 0) is 44.1 Å². The molecule has 2 aromatic heterocycles. The molecule has 0 amide bonds. The van der Waals surface area contributed by atoms with Crippen molar-refractivity contribution in [1.82, 2.24) is 19.9 Å². The van der Waals surface area contributed by atoms with E-state index in [4.69, 9.17) is 11.6 Å². The van der Waals surface area contributed by atoms with E-state index in [-0.39, 0.29) is 0 Å². The fraction of sp³-hybridized carbons (Fsp3) is 0.263. The summed E-state index contributed by atoms with van der Waals surface area (Å²) in [5, 5.41) is 0.456. The number of aryl methyl sites for hydroxylation is 1. The van der Waals surface area contributed by atoms with Crippen LogP contribution in [-0.4, -0.2) is 33.0 Å². The number of hydrogen-bond donors (Lipinski definition) is 0. The maximum absolute atomic E-state index is 6.18. The molecule has 0 radical (unpaired) electrons. The van der Waals surface area contributed by atoms with Gasteiger partial charge in [0, 0.05) is 19.2 Å². The Labute approximate surface area is 151 Å². The highest BCUT2D eigenvalue weighted by atomic mass is 35.5. The normalized spacial score (nSPS) is 14.7. The number of halogens is 1. The maximum atomic E-state index is 6.18. The molecule has 1 fully saturated rings. The van der Waals surface area contributed by atoms with E-state index in [0.29, 0.717) is 11.0 Å². The van der Waals surface area contributed by atoms with Crippen LogP contribution in [-0.2, 0) is 0 Å². The van der Waals surface area contributed by atoms with Gasteiger partial charge in [-0.2, -0.15) is 0 Å². The lowest BCUT2D eigenvalue weighted by atomic mass is 10.2. The van der Waals surface area contributed by atoms with Crippen molar-refractivity contribution in [1.29, 1.82) is 0 Å². The smallest absolute Gasteiger partial charge is 0.156 e. The van der Waals surface area contributed by atoms with E-state index >= 15 is 0 Å². The Morgan fingerprint density at radius 3 is 2.44 bits per heavy atom. The van der Waals surface area contributed by atoms with E-state index in [1.807, 2.05) is 49.4 Å². The molecule has 1 aromatic carbocycles. The van der Waals surface area contributed by atoms with Crippen molar-refractivity contribution < 1.29 is 0 Å². The Morgan fingerprint density at radius 1 is 0.960 bits per heavy atom. The van der Waals surface area contributed by atoms with Gasteiger partial charge in [0.05, 0.1) is 22.4 Å². The first-order valence-corrected chi connectivity index (χ1v) is 8.78. The molecule has 0 spiro atoms. The van der Waals surface area contributed by atoms with Crippen molar-refractivity contribution >= 4 is 40.6 Å². The van der Waals surface area contributed by atoms with E-state index in [1.54, 1.807) is 0 Å². The number of hydrogen-bond acceptors (Lipinski definition) is 5. The molecular weight excluding hydrogens is 334 g/mol. The predicted molar refractivity (Wildman–Crippen MR) is 102 cm³/mol. The van der Waals surface area contributed by atoms with Crippen molar-refractivity contribution in [3.8, 4) is 0 Å². The first kappa shape index (κ1) is 16.0. The van der Waals surface area contributed by atoms with Gasteiger partial charge >= 0.3 is 0 Å². The topological polar surface area (TPSA) is 54.8 Å². The van der Waals surface area contributed by atoms with Crippen molar-refractivity contribution in [2.45, 2.75) is 19.8 Å². The third-order valence-corrected chi connectivity index (χ3v) is 4.49. The zero-order valence-electron chi connectivity index (χ0n) is 14.0. The van der Waals surface area contributed by atoms with Crippen molar-refractivity contribution in [3.63, 3.8) is 0 Å². The second-order valence-electron chi connectivity index (χ2n) is 6.12. The molecule has 3 aromatic rings. The fourth-order valence-electron chi connectivity index (χ4n) is 3.02. The highest BCUT2D eigenvalue weighted by Crippen LogP contribution is 2.21. The molecule has 3 heterocycles. The molecule has 0 N–H and O–H groups in total. The Morgan fingerprint density at radius 2 is 1.68 bits per heavy atom. The minimum atomic E-state index is 0.456. The molecule has 0 saturated carbocycles. The van der Waals surface area contributed by atoms with Gasteiger partial charge in [0.15, 0.2) is 5.82 Å². The summed E-state index contributed by atoms with van der Waals surface area (Å²) in [5.74, 6) is 1.47. The highest BCUT2D eigenvalue weighted by molar-refractivity contribution is 6.29. The standard InChI is InChI=1S/C19H18ClN5/c1-13-14(22-16-7-3-2-6-15(16)21-13)8-9-18-23-17(20)12-19(24-18)25-10-4-5-11-25/h2-3,6-9,12H,4-5,10-11H2,1H3. The quantitative estimate of drug-likeness (QED) is 0.663. The van der Waals surface area contributed by atoms with E-state index in [0.717, 1.165) is 41.3 Å². The van der Waals surface area contributed by atoms with Crippen molar-refractivity contribution in [2.24, 2.45) is 0 Å². The molecule has 1 aliphatic heterocycles. The van der Waals surface area contributed by atoms with Crippen LogP contribution in [0.15, 0.2) is 30.3 Å². The van der Waals surface area contributed by atoms with Crippen LogP contribution in [0, 0.1) is 6.92 Å². The molecule has 0 unspecified atom stereocenters. The molecule has 6 heteroatoms. The zero-order valence-corrected chi connectivity index (χ0v) is 14.7. The van der Waals surface area contributed by atoms with E-state index in [9.17, 15) is 0 Å². The van der Waals surface area contributed by atoms with Crippen LogP contribution in [0.4, 0.5) is 5.82 Å². The van der Waals surface area contributed by atoms with Crippen LogP contribution in [0.5, 0.6) is 0 Å². The first-order chi connectivity index (χ1) is 12.2. The minimum absolute atomic E-state index is 0.456. The number of nitrogens with zero attached hydrogens (tertiary/aromatic N) is 5. The lowest BCUT2D eigenvalue weighted by molar-refractivity contribution is 0.923. The largest absolute Gasteiger partial charge is 0.356 e. The van der Waals surface area contributed by atoms with Gasteiger partial charge in [-0.15, -0.1) is 0 Å². The molecule has 126 valence electrons. The number of anilines is 1. The van der Waals surface area contributed by atoms with Crippen LogP contribution in [0.25, 0.3) is 23.2 Å². The summed E-state index contributed by atoms with van der Waals surface area (Å²) >= 11 is 6.18. The van der Waals surface area contributed by atoms with Gasteiger partial charge in [-0.3, -0.25) is 0 Å². The number of aromatic nitrogens is 4. The molecule has 0 bridgehead atoms. The molecule has 1 saturated heterocycles. The predicted octanol–water partition coefficient (Wildman–Crippen LogP) is 4.15. The van der Waals surface area contributed by atoms with E-state index in [2.05, 4.69) is 24.8 Å². The third-order valence-electron chi connectivity index (χ3n) is 4.30. The zero-order chi connectivity index (χ0) is 17.2. The molecular formula is C19H18ClN5. The lowest BCUT2D eigenvalue weighted by Gasteiger charge is -2.16. The van der Waals surface area contributed by atoms with Crippen LogP contribution in [0.3, 0.4) is 0 Å². The summed E-state index contributed by atoms with van der Waals surface area (Å²) in [6, 6.07) is 9.67. The van der Waals surface area contributed by atoms with Crippen molar-refractivity contribution in [3.05, 3.63) is 52.7 Å². The van der Waals surface area contributed by atoms with Gasteiger partial charge in [0.1, 0.15) is 11.0 Å². The van der Waals surface area contributed by atoms with Gasteiger partial charge in [0.25, 0.3) is 0 Å². The van der Waals surface area contributed by atoms with Crippen molar-refractivity contribution in [2.75, 3.05) is 18.0 Å². The van der Waals surface area contributed by atoms with Crippen LogP contribution < -0.4 is 4.90 Å². The molecule has 4 rings (SSSR count). The SMILES string of the molecule is Cc1nc2ccccc2nc1C=Cc1nc(Cl)cc(N2CCCC2)n1. The summed E-state index contributed by atoms with van der Waals surface area (Å²) < 4.78 is 0. The minimum Gasteiger partial charge on any atom is -0.356 e. The Kier molecular flexibility index (Phi) is 4.32. The Hall–Kier alpha value is -2.53. The average molecular weight is 352 g/mol. The second kappa shape index (κ2) is 6.76. The van der Waals surface area contributed by atoms with Gasteiger partial charge in [-0.25, -0.2) is 19.9 Å². The van der Waals surface area contributed by atoms with Gasteiger partial charge < -0.3 is 4.90 Å². The molecule has 5 nitrogen and oxygen atoms in total. The third kappa shape index (κ3) is 3.46. The average Bonchev–Trinajstić information content (AvgIpc) is 3.14. The van der Waals surface area contributed by atoms with E-state index in [1.165, 1.54) is 12.8 Å². The maximum Gasteiger partial charge on any atom is 0.156 e. The fourth-order valence-corrected chi connectivity index (χ4v) is 3.20.